The monoisotopic (exact) mass is 318 g/mol. The molecule has 3 aromatic rings. The minimum atomic E-state index is -0.0820. The highest BCUT2D eigenvalue weighted by molar-refractivity contribution is 6.00. The van der Waals surface area contributed by atoms with E-state index in [0.29, 0.717) is 6.54 Å². The van der Waals surface area contributed by atoms with Crippen molar-refractivity contribution in [2.24, 2.45) is 5.92 Å². The summed E-state index contributed by atoms with van der Waals surface area (Å²) in [4.78, 5) is 14.7. The molecular formula is C19H18N4O. The number of aromatic nitrogens is 3. The number of para-hydroxylation sites is 1. The van der Waals surface area contributed by atoms with Gasteiger partial charge in [-0.05, 0) is 11.6 Å². The Morgan fingerprint density at radius 1 is 1.00 bits per heavy atom. The molecule has 1 aliphatic heterocycles. The van der Waals surface area contributed by atoms with Crippen LogP contribution in [0.2, 0.25) is 0 Å². The van der Waals surface area contributed by atoms with Crippen LogP contribution in [0.1, 0.15) is 19.4 Å². The predicted octanol–water partition coefficient (Wildman–Crippen LogP) is 3.64. The smallest absolute Gasteiger partial charge is 0.229 e. The zero-order valence-corrected chi connectivity index (χ0v) is 13.7. The highest BCUT2D eigenvalue weighted by Crippen LogP contribution is 2.40. The third-order valence-corrected chi connectivity index (χ3v) is 4.36. The second kappa shape index (κ2) is 5.60. The number of carbonyl (C=O) groups excluding carboxylic acids is 1. The second-order valence-corrected chi connectivity index (χ2v) is 6.27. The molecule has 5 heteroatoms. The molecule has 1 N–H and O–H groups in total. The van der Waals surface area contributed by atoms with Gasteiger partial charge in [0.1, 0.15) is 11.4 Å². The van der Waals surface area contributed by atoms with Crippen LogP contribution >= 0.6 is 0 Å². The van der Waals surface area contributed by atoms with E-state index in [4.69, 9.17) is 0 Å². The summed E-state index contributed by atoms with van der Waals surface area (Å²) in [5.41, 5.74) is 5.48. The number of hydrogen-bond donors (Lipinski definition) is 1. The summed E-state index contributed by atoms with van der Waals surface area (Å²) in [6, 6.07) is 15.9. The first-order valence-corrected chi connectivity index (χ1v) is 8.06. The topological polar surface area (TPSA) is 61.9 Å². The molecule has 0 unspecified atom stereocenters. The van der Waals surface area contributed by atoms with Gasteiger partial charge in [0.15, 0.2) is 0 Å². The molecule has 2 aromatic carbocycles. The van der Waals surface area contributed by atoms with E-state index in [1.807, 2.05) is 67.3 Å². The fourth-order valence-corrected chi connectivity index (χ4v) is 3.17. The number of anilines is 1. The van der Waals surface area contributed by atoms with Gasteiger partial charge in [-0.2, -0.15) is 15.4 Å². The Balaban J connectivity index is 2.02. The highest BCUT2D eigenvalue weighted by Gasteiger charge is 2.28. The SMILES string of the molecule is CC(C)C(=O)N1Cc2ccccc2-c2n[nH]nc2-c2ccccc21. The first-order valence-electron chi connectivity index (χ1n) is 8.06. The lowest BCUT2D eigenvalue weighted by molar-refractivity contribution is -0.121. The lowest BCUT2D eigenvalue weighted by Crippen LogP contribution is -2.34. The largest absolute Gasteiger partial charge is 0.307 e. The molecule has 2 heterocycles. The van der Waals surface area contributed by atoms with Crippen LogP contribution < -0.4 is 4.90 Å². The van der Waals surface area contributed by atoms with Crippen LogP contribution in [0.4, 0.5) is 5.69 Å². The van der Waals surface area contributed by atoms with Gasteiger partial charge in [-0.15, -0.1) is 0 Å². The number of amides is 1. The van der Waals surface area contributed by atoms with Crippen molar-refractivity contribution < 1.29 is 4.79 Å². The highest BCUT2D eigenvalue weighted by atomic mass is 16.2. The van der Waals surface area contributed by atoms with Gasteiger partial charge in [0.2, 0.25) is 5.91 Å². The summed E-state index contributed by atoms with van der Waals surface area (Å²) >= 11 is 0. The van der Waals surface area contributed by atoms with Gasteiger partial charge in [0.05, 0.1) is 12.2 Å². The number of H-pyrrole nitrogens is 1. The molecule has 4 rings (SSSR count). The molecule has 0 saturated heterocycles. The normalized spacial score (nSPS) is 12.9. The molecule has 24 heavy (non-hydrogen) atoms. The third kappa shape index (κ3) is 2.21. The molecule has 0 fully saturated rings. The Labute approximate surface area is 140 Å². The zero-order valence-electron chi connectivity index (χ0n) is 13.7. The molecule has 1 amide bonds. The average molecular weight is 318 g/mol. The van der Waals surface area contributed by atoms with Crippen molar-refractivity contribution in [3.63, 3.8) is 0 Å². The molecular weight excluding hydrogens is 300 g/mol. The van der Waals surface area contributed by atoms with Crippen molar-refractivity contribution >= 4 is 11.6 Å². The number of benzene rings is 2. The van der Waals surface area contributed by atoms with Gasteiger partial charge in [0.25, 0.3) is 0 Å². The molecule has 0 bridgehead atoms. The van der Waals surface area contributed by atoms with Crippen LogP contribution in [0.3, 0.4) is 0 Å². The Bertz CT molecular complexity index is 913. The fourth-order valence-electron chi connectivity index (χ4n) is 3.17. The minimum absolute atomic E-state index is 0.0820. The van der Waals surface area contributed by atoms with Crippen LogP contribution in [0, 0.1) is 5.92 Å². The van der Waals surface area contributed by atoms with Crippen molar-refractivity contribution in [1.82, 2.24) is 15.4 Å². The third-order valence-electron chi connectivity index (χ3n) is 4.36. The van der Waals surface area contributed by atoms with Crippen molar-refractivity contribution in [1.29, 1.82) is 0 Å². The Morgan fingerprint density at radius 3 is 2.38 bits per heavy atom. The number of carbonyl (C=O) groups is 1. The number of nitrogens with one attached hydrogen (secondary N) is 1. The number of nitrogens with zero attached hydrogens (tertiary/aromatic N) is 3. The standard InChI is InChI=1S/C19H18N4O/c1-12(2)19(24)23-11-13-7-3-4-8-14(13)17-18(21-22-20-17)15-9-5-6-10-16(15)23/h3-10,12H,11H2,1-2H3,(H,20,21,22). The van der Waals surface area contributed by atoms with Crippen molar-refractivity contribution in [3.8, 4) is 22.5 Å². The predicted molar refractivity (Wildman–Crippen MR) is 93.3 cm³/mol. The van der Waals surface area contributed by atoms with Gasteiger partial charge in [-0.3, -0.25) is 4.79 Å². The molecule has 5 nitrogen and oxygen atoms in total. The molecule has 1 aromatic heterocycles. The van der Waals surface area contributed by atoms with Gasteiger partial charge in [0, 0.05) is 17.0 Å². The molecule has 120 valence electrons. The summed E-state index contributed by atoms with van der Waals surface area (Å²) in [6.45, 7) is 4.38. The van der Waals surface area contributed by atoms with E-state index in [2.05, 4.69) is 15.4 Å². The average Bonchev–Trinajstić information content (AvgIpc) is 3.07. The summed E-state index contributed by atoms with van der Waals surface area (Å²) in [6.07, 6.45) is 0. The first kappa shape index (κ1) is 14.6. The Morgan fingerprint density at radius 2 is 1.62 bits per heavy atom. The second-order valence-electron chi connectivity index (χ2n) is 6.27. The molecule has 1 aliphatic rings. The molecule has 0 atom stereocenters. The number of rotatable bonds is 1. The van der Waals surface area contributed by atoms with E-state index >= 15 is 0 Å². The van der Waals surface area contributed by atoms with Crippen LogP contribution in [0.15, 0.2) is 48.5 Å². The summed E-state index contributed by atoms with van der Waals surface area (Å²) in [5.74, 6) is 0.0191. The van der Waals surface area contributed by atoms with Gasteiger partial charge in [-0.1, -0.05) is 56.3 Å². The number of hydrogen-bond acceptors (Lipinski definition) is 3. The van der Waals surface area contributed by atoms with Crippen molar-refractivity contribution in [2.75, 3.05) is 4.90 Å². The Kier molecular flexibility index (Phi) is 3.41. The van der Waals surface area contributed by atoms with Gasteiger partial charge in [-0.25, -0.2) is 0 Å². The fraction of sp³-hybridized carbons (Fsp3) is 0.211. The van der Waals surface area contributed by atoms with Crippen LogP contribution in [-0.2, 0) is 11.3 Å². The van der Waals surface area contributed by atoms with E-state index in [9.17, 15) is 4.79 Å². The van der Waals surface area contributed by atoms with Gasteiger partial charge < -0.3 is 4.90 Å². The summed E-state index contributed by atoms with van der Waals surface area (Å²) in [7, 11) is 0. The van der Waals surface area contributed by atoms with Crippen LogP contribution in [0.5, 0.6) is 0 Å². The molecule has 0 radical (unpaired) electrons. The van der Waals surface area contributed by atoms with Crippen molar-refractivity contribution in [2.45, 2.75) is 20.4 Å². The van der Waals surface area contributed by atoms with E-state index in [1.54, 1.807) is 0 Å². The number of aromatic amines is 1. The van der Waals surface area contributed by atoms with Crippen molar-refractivity contribution in [3.05, 3.63) is 54.1 Å². The van der Waals surface area contributed by atoms with Crippen LogP contribution in [-0.4, -0.2) is 21.3 Å². The molecule has 0 spiro atoms. The van der Waals surface area contributed by atoms with E-state index in [0.717, 1.165) is 33.8 Å². The Hall–Kier alpha value is -2.95. The number of fused-ring (bicyclic) bond motifs is 5. The zero-order chi connectivity index (χ0) is 16.7. The molecule has 0 aliphatic carbocycles. The van der Waals surface area contributed by atoms with E-state index in [1.165, 1.54) is 0 Å². The lowest BCUT2D eigenvalue weighted by Gasteiger charge is -2.29. The van der Waals surface area contributed by atoms with E-state index < -0.39 is 0 Å². The van der Waals surface area contributed by atoms with Crippen LogP contribution in [0.25, 0.3) is 22.5 Å². The quantitative estimate of drug-likeness (QED) is 0.745. The maximum atomic E-state index is 12.9. The maximum Gasteiger partial charge on any atom is 0.229 e. The molecule has 0 saturated carbocycles. The first-order chi connectivity index (χ1) is 11.7. The van der Waals surface area contributed by atoms with Gasteiger partial charge >= 0.3 is 0 Å². The van der Waals surface area contributed by atoms with E-state index in [-0.39, 0.29) is 11.8 Å². The minimum Gasteiger partial charge on any atom is -0.307 e. The summed E-state index contributed by atoms with van der Waals surface area (Å²) in [5, 5.41) is 11.5. The summed E-state index contributed by atoms with van der Waals surface area (Å²) < 4.78 is 0. The lowest BCUT2D eigenvalue weighted by atomic mass is 9.95. The maximum absolute atomic E-state index is 12.9.